The Kier molecular flexibility index (Phi) is 5.38. The molecular weight excluding hydrogens is 314 g/mol. The van der Waals surface area contributed by atoms with Crippen LogP contribution in [0.25, 0.3) is 5.69 Å². The molecule has 1 fully saturated rings. The molecule has 1 saturated heterocycles. The van der Waals surface area contributed by atoms with Crippen LogP contribution in [0.4, 0.5) is 4.79 Å². The highest BCUT2D eigenvalue weighted by atomic mass is 16.2. The van der Waals surface area contributed by atoms with Gasteiger partial charge in [0, 0.05) is 37.2 Å². The van der Waals surface area contributed by atoms with Gasteiger partial charge in [-0.05, 0) is 51.6 Å². The van der Waals surface area contributed by atoms with Crippen molar-refractivity contribution in [3.05, 3.63) is 48.5 Å². The number of hydrogen-bond acceptors (Lipinski definition) is 3. The Hall–Kier alpha value is -2.34. The number of carbonyl (C=O) groups is 1. The average molecular weight is 341 g/mol. The molecule has 2 atom stereocenters. The molecule has 0 bridgehead atoms. The Labute approximate surface area is 149 Å². The van der Waals surface area contributed by atoms with Crippen LogP contribution in [0.15, 0.2) is 43.0 Å². The first-order valence-electron chi connectivity index (χ1n) is 8.85. The summed E-state index contributed by atoms with van der Waals surface area (Å²) in [5.41, 5.74) is 2.13. The van der Waals surface area contributed by atoms with Crippen LogP contribution in [-0.2, 0) is 0 Å². The molecule has 3 rings (SSSR count). The highest BCUT2D eigenvalue weighted by Gasteiger charge is 2.25. The number of rotatable bonds is 4. The normalized spacial score (nSPS) is 19.0. The van der Waals surface area contributed by atoms with Crippen molar-refractivity contribution in [3.63, 3.8) is 0 Å². The Morgan fingerprint density at radius 2 is 2.24 bits per heavy atom. The summed E-state index contributed by atoms with van der Waals surface area (Å²) in [5.74, 6) is 0. The van der Waals surface area contributed by atoms with Crippen LogP contribution in [0, 0.1) is 0 Å². The summed E-state index contributed by atoms with van der Waals surface area (Å²) < 4.78 is 1.96. The van der Waals surface area contributed by atoms with E-state index >= 15 is 0 Å². The number of nitrogens with zero attached hydrogens (tertiary/aromatic N) is 4. The molecule has 25 heavy (non-hydrogen) atoms. The van der Waals surface area contributed by atoms with Gasteiger partial charge in [0.2, 0.25) is 0 Å². The molecule has 134 valence electrons. The number of carbonyl (C=O) groups excluding carboxylic acids is 1. The predicted molar refractivity (Wildman–Crippen MR) is 98.8 cm³/mol. The van der Waals surface area contributed by atoms with Crippen molar-refractivity contribution in [2.24, 2.45) is 0 Å². The lowest BCUT2D eigenvalue weighted by Gasteiger charge is -2.36. The maximum Gasteiger partial charge on any atom is 0.317 e. The fourth-order valence-electron chi connectivity index (χ4n) is 3.29. The van der Waals surface area contributed by atoms with Crippen molar-refractivity contribution in [1.29, 1.82) is 0 Å². The van der Waals surface area contributed by atoms with E-state index in [1.165, 1.54) is 0 Å². The molecule has 2 amide bonds. The molecular formula is C19H27N5O. The van der Waals surface area contributed by atoms with Gasteiger partial charge in [-0.25, -0.2) is 9.78 Å². The fourth-order valence-corrected chi connectivity index (χ4v) is 3.29. The van der Waals surface area contributed by atoms with E-state index < -0.39 is 0 Å². The van der Waals surface area contributed by atoms with Crippen LogP contribution in [0.3, 0.4) is 0 Å². The first kappa shape index (κ1) is 17.5. The third-order valence-corrected chi connectivity index (χ3v) is 4.93. The van der Waals surface area contributed by atoms with Gasteiger partial charge in [0.1, 0.15) is 0 Å². The Balaban J connectivity index is 1.64. The Morgan fingerprint density at radius 3 is 2.96 bits per heavy atom. The smallest absolute Gasteiger partial charge is 0.317 e. The second kappa shape index (κ2) is 7.70. The topological polar surface area (TPSA) is 53.4 Å². The average Bonchev–Trinajstić information content (AvgIpc) is 3.16. The second-order valence-corrected chi connectivity index (χ2v) is 6.94. The van der Waals surface area contributed by atoms with Crippen LogP contribution >= 0.6 is 0 Å². The zero-order valence-electron chi connectivity index (χ0n) is 15.2. The quantitative estimate of drug-likeness (QED) is 0.930. The number of amides is 2. The maximum atomic E-state index is 12.6. The lowest BCUT2D eigenvalue weighted by atomic mass is 10.0. The molecule has 2 heterocycles. The van der Waals surface area contributed by atoms with Crippen molar-refractivity contribution in [2.75, 3.05) is 27.2 Å². The van der Waals surface area contributed by atoms with E-state index in [1.54, 1.807) is 12.5 Å². The van der Waals surface area contributed by atoms with Gasteiger partial charge >= 0.3 is 6.03 Å². The first-order valence-corrected chi connectivity index (χ1v) is 8.85. The fraction of sp³-hybridized carbons (Fsp3) is 0.474. The number of hydrogen-bond donors (Lipinski definition) is 1. The largest absolute Gasteiger partial charge is 0.331 e. The summed E-state index contributed by atoms with van der Waals surface area (Å²) in [7, 11) is 4.16. The highest BCUT2D eigenvalue weighted by Crippen LogP contribution is 2.19. The zero-order valence-corrected chi connectivity index (χ0v) is 15.2. The molecule has 1 aromatic heterocycles. The van der Waals surface area contributed by atoms with Gasteiger partial charge in [-0.2, -0.15) is 0 Å². The molecule has 6 heteroatoms. The van der Waals surface area contributed by atoms with E-state index in [0.717, 1.165) is 37.2 Å². The van der Waals surface area contributed by atoms with Gasteiger partial charge < -0.3 is 19.7 Å². The molecule has 0 spiro atoms. The Morgan fingerprint density at radius 1 is 1.40 bits per heavy atom. The highest BCUT2D eigenvalue weighted by molar-refractivity contribution is 5.75. The lowest BCUT2D eigenvalue weighted by Crippen LogP contribution is -2.51. The van der Waals surface area contributed by atoms with Gasteiger partial charge in [0.15, 0.2) is 0 Å². The van der Waals surface area contributed by atoms with E-state index in [0.29, 0.717) is 6.04 Å². The van der Waals surface area contributed by atoms with Crippen molar-refractivity contribution >= 4 is 6.03 Å². The van der Waals surface area contributed by atoms with Gasteiger partial charge in [0.25, 0.3) is 0 Å². The van der Waals surface area contributed by atoms with E-state index in [2.05, 4.69) is 35.4 Å². The van der Waals surface area contributed by atoms with Gasteiger partial charge in [-0.1, -0.05) is 12.1 Å². The number of piperidine rings is 1. The van der Waals surface area contributed by atoms with Crippen molar-refractivity contribution < 1.29 is 4.79 Å². The molecule has 1 N–H and O–H groups in total. The third-order valence-electron chi connectivity index (χ3n) is 4.93. The minimum absolute atomic E-state index is 0.0204. The molecule has 0 aliphatic carbocycles. The second-order valence-electron chi connectivity index (χ2n) is 6.94. The van der Waals surface area contributed by atoms with Crippen molar-refractivity contribution in [1.82, 2.24) is 24.7 Å². The van der Waals surface area contributed by atoms with E-state index in [9.17, 15) is 4.79 Å². The van der Waals surface area contributed by atoms with Crippen molar-refractivity contribution in [3.8, 4) is 5.69 Å². The van der Waals surface area contributed by atoms with Gasteiger partial charge in [-0.15, -0.1) is 0 Å². The molecule has 2 unspecified atom stereocenters. The molecule has 1 aromatic carbocycles. The standard InChI is InChI=1S/C19H27N5O/c1-15(16-6-4-7-17(12-16)24-11-9-20-14-24)21-19(25)23-10-5-8-18(13-23)22(2)3/h4,6-7,9,11-12,14-15,18H,5,8,10,13H2,1-3H3,(H,21,25). The molecule has 2 aromatic rings. The maximum absolute atomic E-state index is 12.6. The lowest BCUT2D eigenvalue weighted by molar-refractivity contribution is 0.138. The molecule has 6 nitrogen and oxygen atoms in total. The van der Waals surface area contributed by atoms with E-state index in [4.69, 9.17) is 0 Å². The van der Waals surface area contributed by atoms with Crippen LogP contribution in [0.1, 0.15) is 31.4 Å². The number of likely N-dealkylation sites (tertiary alicyclic amines) is 1. The van der Waals surface area contributed by atoms with Crippen LogP contribution in [0.5, 0.6) is 0 Å². The summed E-state index contributed by atoms with van der Waals surface area (Å²) >= 11 is 0. The monoisotopic (exact) mass is 341 g/mol. The summed E-state index contributed by atoms with van der Waals surface area (Å²) in [6.07, 6.45) is 7.66. The predicted octanol–water partition coefficient (Wildman–Crippen LogP) is 2.67. The minimum atomic E-state index is -0.0456. The molecule has 0 radical (unpaired) electrons. The van der Waals surface area contributed by atoms with E-state index in [1.807, 2.05) is 40.8 Å². The molecule has 0 saturated carbocycles. The summed E-state index contributed by atoms with van der Waals surface area (Å²) in [4.78, 5) is 20.9. The zero-order chi connectivity index (χ0) is 17.8. The van der Waals surface area contributed by atoms with Gasteiger partial charge in [-0.3, -0.25) is 0 Å². The van der Waals surface area contributed by atoms with Crippen LogP contribution in [0.2, 0.25) is 0 Å². The van der Waals surface area contributed by atoms with Crippen LogP contribution < -0.4 is 5.32 Å². The third kappa shape index (κ3) is 4.20. The number of imidazole rings is 1. The summed E-state index contributed by atoms with van der Waals surface area (Å²) in [6, 6.07) is 8.60. The minimum Gasteiger partial charge on any atom is -0.331 e. The molecule has 1 aliphatic rings. The number of aromatic nitrogens is 2. The van der Waals surface area contributed by atoms with Gasteiger partial charge in [0.05, 0.1) is 12.4 Å². The van der Waals surface area contributed by atoms with E-state index in [-0.39, 0.29) is 12.1 Å². The molecule has 1 aliphatic heterocycles. The number of urea groups is 1. The summed E-state index contributed by atoms with van der Waals surface area (Å²) in [5, 5.41) is 3.14. The van der Waals surface area contributed by atoms with Crippen LogP contribution in [-0.4, -0.2) is 58.6 Å². The first-order chi connectivity index (χ1) is 12.0. The number of likely N-dealkylation sites (N-methyl/N-ethyl adjacent to an activating group) is 1. The summed E-state index contributed by atoms with van der Waals surface area (Å²) in [6.45, 7) is 3.65. The SMILES string of the molecule is CC(NC(=O)N1CCCC(N(C)C)C1)c1cccc(-n2ccnc2)c1. The number of benzene rings is 1. The Bertz CT molecular complexity index is 698. The number of nitrogens with one attached hydrogen (secondary N) is 1. The van der Waals surface area contributed by atoms with Crippen molar-refractivity contribution in [2.45, 2.75) is 31.8 Å².